The highest BCUT2D eigenvalue weighted by atomic mass is 16.1. The standard InChI is InChI=1S/C15H18N4O/c16-13-6-3-12(4-7-13)5-8-15(20)19-9-1-2-14-17-10-11-18-14/h3-8,10-11H,1-2,9,16H2,(H,17,18)(H,19,20)/b8-5+. The minimum absolute atomic E-state index is 0.0960. The Bertz CT molecular complexity index is 558. The molecular weight excluding hydrogens is 252 g/mol. The fourth-order valence-corrected chi connectivity index (χ4v) is 1.74. The van der Waals surface area contributed by atoms with Crippen molar-refractivity contribution in [1.29, 1.82) is 0 Å². The van der Waals surface area contributed by atoms with E-state index in [0.717, 1.165) is 24.2 Å². The van der Waals surface area contributed by atoms with Gasteiger partial charge in [-0.25, -0.2) is 4.98 Å². The van der Waals surface area contributed by atoms with E-state index in [1.54, 1.807) is 30.6 Å². The highest BCUT2D eigenvalue weighted by Crippen LogP contribution is 2.06. The van der Waals surface area contributed by atoms with E-state index in [0.29, 0.717) is 12.2 Å². The number of anilines is 1. The van der Waals surface area contributed by atoms with Gasteiger partial charge < -0.3 is 16.0 Å². The molecule has 2 aromatic rings. The fourth-order valence-electron chi connectivity index (χ4n) is 1.74. The molecule has 0 atom stereocenters. The Hall–Kier alpha value is -2.56. The Morgan fingerprint density at radius 1 is 1.35 bits per heavy atom. The van der Waals surface area contributed by atoms with Crippen molar-refractivity contribution in [2.75, 3.05) is 12.3 Å². The number of carbonyl (C=O) groups is 1. The summed E-state index contributed by atoms with van der Waals surface area (Å²) in [6, 6.07) is 7.36. The zero-order valence-corrected chi connectivity index (χ0v) is 11.2. The summed E-state index contributed by atoms with van der Waals surface area (Å²) >= 11 is 0. The Kier molecular flexibility index (Phi) is 4.94. The number of carbonyl (C=O) groups excluding carboxylic acids is 1. The van der Waals surface area contributed by atoms with Crippen LogP contribution in [0.1, 0.15) is 17.8 Å². The van der Waals surface area contributed by atoms with Gasteiger partial charge in [0.05, 0.1) is 0 Å². The molecule has 1 amide bonds. The van der Waals surface area contributed by atoms with Crippen molar-refractivity contribution in [3.8, 4) is 0 Å². The van der Waals surface area contributed by atoms with Crippen LogP contribution >= 0.6 is 0 Å². The largest absolute Gasteiger partial charge is 0.399 e. The zero-order chi connectivity index (χ0) is 14.2. The summed E-state index contributed by atoms with van der Waals surface area (Å²) in [5.41, 5.74) is 7.25. The summed E-state index contributed by atoms with van der Waals surface area (Å²) in [6.45, 7) is 0.631. The Labute approximate surface area is 117 Å². The number of nitrogens with two attached hydrogens (primary N) is 1. The predicted molar refractivity (Wildman–Crippen MR) is 79.8 cm³/mol. The molecule has 0 aliphatic rings. The first kappa shape index (κ1) is 13.9. The maximum atomic E-state index is 11.6. The molecule has 0 bridgehead atoms. The monoisotopic (exact) mass is 270 g/mol. The van der Waals surface area contributed by atoms with Gasteiger partial charge in [-0.05, 0) is 30.2 Å². The molecule has 0 aliphatic carbocycles. The van der Waals surface area contributed by atoms with Crippen LogP contribution in [0.5, 0.6) is 0 Å². The quantitative estimate of drug-likeness (QED) is 0.425. The van der Waals surface area contributed by atoms with Gasteiger partial charge in [-0.1, -0.05) is 12.1 Å². The summed E-state index contributed by atoms with van der Waals surface area (Å²) in [5, 5.41) is 2.83. The van der Waals surface area contributed by atoms with Gasteiger partial charge in [0.1, 0.15) is 5.82 Å². The van der Waals surface area contributed by atoms with Crippen LogP contribution in [0.4, 0.5) is 5.69 Å². The molecule has 104 valence electrons. The molecule has 0 unspecified atom stereocenters. The van der Waals surface area contributed by atoms with Gasteiger partial charge in [0.15, 0.2) is 0 Å². The van der Waals surface area contributed by atoms with Gasteiger partial charge in [-0.3, -0.25) is 4.79 Å². The molecule has 1 aromatic heterocycles. The minimum atomic E-state index is -0.0960. The lowest BCUT2D eigenvalue weighted by Crippen LogP contribution is -2.22. The number of hydrogen-bond acceptors (Lipinski definition) is 3. The number of benzene rings is 1. The molecule has 0 radical (unpaired) electrons. The maximum absolute atomic E-state index is 11.6. The van der Waals surface area contributed by atoms with E-state index in [1.807, 2.05) is 12.1 Å². The first-order valence-electron chi connectivity index (χ1n) is 6.54. The van der Waals surface area contributed by atoms with Crippen LogP contribution in [-0.4, -0.2) is 22.4 Å². The van der Waals surface area contributed by atoms with Crippen LogP contribution in [0.3, 0.4) is 0 Å². The number of aryl methyl sites for hydroxylation is 1. The van der Waals surface area contributed by atoms with Crippen LogP contribution in [0.15, 0.2) is 42.7 Å². The number of nitrogens with zero attached hydrogens (tertiary/aromatic N) is 1. The van der Waals surface area contributed by atoms with E-state index in [9.17, 15) is 4.79 Å². The molecule has 20 heavy (non-hydrogen) atoms. The summed E-state index contributed by atoms with van der Waals surface area (Å²) in [4.78, 5) is 18.8. The van der Waals surface area contributed by atoms with Crippen LogP contribution in [0.2, 0.25) is 0 Å². The van der Waals surface area contributed by atoms with Crippen molar-refractivity contribution in [3.63, 3.8) is 0 Å². The van der Waals surface area contributed by atoms with Crippen molar-refractivity contribution in [1.82, 2.24) is 15.3 Å². The van der Waals surface area contributed by atoms with Crippen molar-refractivity contribution in [3.05, 3.63) is 54.1 Å². The molecule has 4 N–H and O–H groups in total. The molecule has 0 saturated carbocycles. The number of imidazole rings is 1. The SMILES string of the molecule is Nc1ccc(/C=C/C(=O)NCCCc2ncc[nH]2)cc1. The number of nitrogens with one attached hydrogen (secondary N) is 2. The lowest BCUT2D eigenvalue weighted by Gasteiger charge is -2.01. The summed E-state index contributed by atoms with van der Waals surface area (Å²) < 4.78 is 0. The van der Waals surface area contributed by atoms with Crippen molar-refractivity contribution in [2.45, 2.75) is 12.8 Å². The molecule has 0 spiro atoms. The number of H-pyrrole nitrogens is 1. The van der Waals surface area contributed by atoms with E-state index in [2.05, 4.69) is 15.3 Å². The smallest absolute Gasteiger partial charge is 0.243 e. The summed E-state index contributed by atoms with van der Waals surface area (Å²) in [6.07, 6.45) is 8.50. The van der Waals surface area contributed by atoms with Crippen molar-refractivity contribution < 1.29 is 4.79 Å². The van der Waals surface area contributed by atoms with Crippen LogP contribution in [0.25, 0.3) is 6.08 Å². The minimum Gasteiger partial charge on any atom is -0.399 e. The third-order valence-corrected chi connectivity index (χ3v) is 2.81. The summed E-state index contributed by atoms with van der Waals surface area (Å²) in [7, 11) is 0. The number of nitrogen functional groups attached to an aromatic ring is 1. The zero-order valence-electron chi connectivity index (χ0n) is 11.2. The molecule has 0 aliphatic heterocycles. The van der Waals surface area contributed by atoms with Crippen molar-refractivity contribution >= 4 is 17.7 Å². The lowest BCUT2D eigenvalue weighted by molar-refractivity contribution is -0.116. The van der Waals surface area contributed by atoms with Gasteiger partial charge in [-0.2, -0.15) is 0 Å². The lowest BCUT2D eigenvalue weighted by atomic mass is 10.2. The maximum Gasteiger partial charge on any atom is 0.243 e. The van der Waals surface area contributed by atoms with E-state index in [1.165, 1.54) is 6.08 Å². The van der Waals surface area contributed by atoms with Gasteiger partial charge >= 0.3 is 0 Å². The molecular formula is C15H18N4O. The average molecular weight is 270 g/mol. The first-order chi connectivity index (χ1) is 9.74. The first-order valence-corrected chi connectivity index (χ1v) is 6.54. The van der Waals surface area contributed by atoms with Gasteiger partial charge in [0, 0.05) is 37.1 Å². The number of rotatable bonds is 6. The van der Waals surface area contributed by atoms with Gasteiger partial charge in [-0.15, -0.1) is 0 Å². The average Bonchev–Trinajstić information content (AvgIpc) is 2.96. The molecule has 5 nitrogen and oxygen atoms in total. The number of hydrogen-bond donors (Lipinski definition) is 3. The fraction of sp³-hybridized carbons (Fsp3) is 0.200. The second kappa shape index (κ2) is 7.13. The molecule has 5 heteroatoms. The van der Waals surface area contributed by atoms with Crippen molar-refractivity contribution in [2.24, 2.45) is 0 Å². The van der Waals surface area contributed by atoms with E-state index in [4.69, 9.17) is 5.73 Å². The van der Waals surface area contributed by atoms with E-state index in [-0.39, 0.29) is 5.91 Å². The van der Waals surface area contributed by atoms with Crippen LogP contribution in [0, 0.1) is 0 Å². The topological polar surface area (TPSA) is 83.8 Å². The molecule has 1 aromatic carbocycles. The summed E-state index contributed by atoms with van der Waals surface area (Å²) in [5.74, 6) is 0.845. The number of amides is 1. The van der Waals surface area contributed by atoms with Gasteiger partial charge in [0.25, 0.3) is 0 Å². The predicted octanol–water partition coefficient (Wildman–Crippen LogP) is 1.75. The third-order valence-electron chi connectivity index (χ3n) is 2.81. The Morgan fingerprint density at radius 2 is 2.15 bits per heavy atom. The highest BCUT2D eigenvalue weighted by molar-refractivity contribution is 5.91. The van der Waals surface area contributed by atoms with Crippen LogP contribution < -0.4 is 11.1 Å². The molecule has 0 fully saturated rings. The second-order valence-electron chi connectivity index (χ2n) is 4.43. The second-order valence-corrected chi connectivity index (χ2v) is 4.43. The molecule has 1 heterocycles. The van der Waals surface area contributed by atoms with E-state index < -0.39 is 0 Å². The Balaban J connectivity index is 1.68. The van der Waals surface area contributed by atoms with Gasteiger partial charge in [0.2, 0.25) is 5.91 Å². The third kappa shape index (κ3) is 4.61. The highest BCUT2D eigenvalue weighted by Gasteiger charge is 1.97. The number of aromatic nitrogens is 2. The van der Waals surface area contributed by atoms with Crippen LogP contribution in [-0.2, 0) is 11.2 Å². The normalized spacial score (nSPS) is 10.8. The number of aromatic amines is 1. The van der Waals surface area contributed by atoms with E-state index >= 15 is 0 Å². The molecule has 2 rings (SSSR count). The molecule has 0 saturated heterocycles. The Morgan fingerprint density at radius 3 is 2.85 bits per heavy atom.